The summed E-state index contributed by atoms with van der Waals surface area (Å²) >= 11 is 3.08. The molecule has 5 heteroatoms. The van der Waals surface area contributed by atoms with Gasteiger partial charge in [-0.25, -0.2) is 4.39 Å². The van der Waals surface area contributed by atoms with E-state index in [0.29, 0.717) is 17.4 Å². The van der Waals surface area contributed by atoms with E-state index < -0.39 is 6.10 Å². The summed E-state index contributed by atoms with van der Waals surface area (Å²) in [6, 6.07) is 4.51. The molecular weight excluding hydrogens is 313 g/mol. The van der Waals surface area contributed by atoms with Crippen molar-refractivity contribution >= 4 is 21.8 Å². The Bertz CT molecular complexity index is 437. The minimum Gasteiger partial charge on any atom is -0.393 e. The Labute approximate surface area is 121 Å². The van der Waals surface area contributed by atoms with Crippen LogP contribution >= 0.6 is 15.9 Å². The van der Waals surface area contributed by atoms with Gasteiger partial charge >= 0.3 is 0 Å². The van der Waals surface area contributed by atoms with Gasteiger partial charge in [-0.05, 0) is 46.0 Å². The third-order valence-electron chi connectivity index (χ3n) is 2.88. The van der Waals surface area contributed by atoms with Crippen molar-refractivity contribution < 1.29 is 14.3 Å². The van der Waals surface area contributed by atoms with Crippen molar-refractivity contribution in [3.63, 3.8) is 0 Å². The number of aliphatic hydroxyl groups excluding tert-OH is 1. The minimum atomic E-state index is -0.403. The Morgan fingerprint density at radius 3 is 2.74 bits per heavy atom. The number of carbonyl (C=O) groups is 1. The number of nitrogens with one attached hydrogen (secondary N) is 1. The van der Waals surface area contributed by atoms with Gasteiger partial charge in [0.1, 0.15) is 5.82 Å². The van der Waals surface area contributed by atoms with E-state index in [1.807, 2.05) is 13.8 Å². The lowest BCUT2D eigenvalue weighted by molar-refractivity contribution is -0.120. The summed E-state index contributed by atoms with van der Waals surface area (Å²) in [6.07, 6.45) is 0.341. The molecule has 2 N–H and O–H groups in total. The van der Waals surface area contributed by atoms with Crippen LogP contribution in [0.1, 0.15) is 25.8 Å². The van der Waals surface area contributed by atoms with Crippen molar-refractivity contribution in [2.24, 2.45) is 5.92 Å². The van der Waals surface area contributed by atoms with Crippen LogP contribution in [0.25, 0.3) is 0 Å². The second kappa shape index (κ2) is 7.60. The van der Waals surface area contributed by atoms with Gasteiger partial charge < -0.3 is 10.4 Å². The van der Waals surface area contributed by atoms with Gasteiger partial charge in [0.25, 0.3) is 0 Å². The molecule has 1 aromatic carbocycles. The topological polar surface area (TPSA) is 49.3 Å². The summed E-state index contributed by atoms with van der Waals surface area (Å²) in [5, 5.41) is 12.3. The van der Waals surface area contributed by atoms with Crippen molar-refractivity contribution in [3.05, 3.63) is 34.1 Å². The predicted molar refractivity (Wildman–Crippen MR) is 76.3 cm³/mol. The first kappa shape index (κ1) is 16.1. The maximum Gasteiger partial charge on any atom is 0.224 e. The molecule has 0 radical (unpaired) electrons. The van der Waals surface area contributed by atoms with Crippen molar-refractivity contribution in [1.82, 2.24) is 5.32 Å². The van der Waals surface area contributed by atoms with E-state index in [0.717, 1.165) is 5.56 Å². The van der Waals surface area contributed by atoms with Gasteiger partial charge in [-0.2, -0.15) is 0 Å². The van der Waals surface area contributed by atoms with Crippen LogP contribution in [0.15, 0.2) is 22.7 Å². The van der Waals surface area contributed by atoms with Crippen LogP contribution in [0.4, 0.5) is 4.39 Å². The van der Waals surface area contributed by atoms with Gasteiger partial charge in [0, 0.05) is 6.54 Å². The first-order chi connectivity index (χ1) is 8.90. The highest BCUT2D eigenvalue weighted by atomic mass is 79.9. The molecule has 0 spiro atoms. The Morgan fingerprint density at radius 1 is 1.47 bits per heavy atom. The molecule has 106 valence electrons. The second-order valence-electron chi connectivity index (χ2n) is 4.88. The third-order valence-corrected chi connectivity index (χ3v) is 3.49. The number of amides is 1. The van der Waals surface area contributed by atoms with Gasteiger partial charge in [0.05, 0.1) is 17.0 Å². The molecule has 1 unspecified atom stereocenters. The lowest BCUT2D eigenvalue weighted by Gasteiger charge is -2.14. The zero-order chi connectivity index (χ0) is 14.4. The molecule has 0 aliphatic heterocycles. The summed E-state index contributed by atoms with van der Waals surface area (Å²) in [7, 11) is 0. The average molecular weight is 332 g/mol. The third kappa shape index (κ3) is 5.70. The van der Waals surface area contributed by atoms with Gasteiger partial charge in [-0.1, -0.05) is 19.9 Å². The summed E-state index contributed by atoms with van der Waals surface area (Å²) in [6.45, 7) is 4.31. The molecular formula is C14H19BrFNO2. The van der Waals surface area contributed by atoms with Crippen LogP contribution in [0, 0.1) is 11.7 Å². The van der Waals surface area contributed by atoms with Crippen molar-refractivity contribution in [2.75, 3.05) is 6.54 Å². The molecule has 0 aromatic heterocycles. The molecule has 1 atom stereocenters. The van der Waals surface area contributed by atoms with Gasteiger partial charge in [0.2, 0.25) is 5.91 Å². The molecule has 0 aliphatic rings. The molecule has 0 aliphatic carbocycles. The highest BCUT2D eigenvalue weighted by molar-refractivity contribution is 9.10. The molecule has 0 bridgehead atoms. The Morgan fingerprint density at radius 2 is 2.16 bits per heavy atom. The molecule has 3 nitrogen and oxygen atoms in total. The quantitative estimate of drug-likeness (QED) is 0.841. The summed E-state index contributed by atoms with van der Waals surface area (Å²) < 4.78 is 13.4. The molecule has 1 amide bonds. The molecule has 1 aromatic rings. The molecule has 0 saturated carbocycles. The van der Waals surface area contributed by atoms with Crippen LogP contribution in [-0.2, 0) is 11.2 Å². The number of aliphatic hydroxyl groups is 1. The van der Waals surface area contributed by atoms with Gasteiger partial charge in [-0.3, -0.25) is 4.79 Å². The highest BCUT2D eigenvalue weighted by Crippen LogP contribution is 2.17. The van der Waals surface area contributed by atoms with Crippen molar-refractivity contribution in [1.29, 1.82) is 0 Å². The maximum absolute atomic E-state index is 13.0. The molecule has 19 heavy (non-hydrogen) atoms. The maximum atomic E-state index is 13.0. The summed E-state index contributed by atoms with van der Waals surface area (Å²) in [4.78, 5) is 11.7. The number of rotatable bonds is 6. The fourth-order valence-electron chi connectivity index (χ4n) is 1.59. The predicted octanol–water partition coefficient (Wildman–Crippen LogP) is 2.65. The van der Waals surface area contributed by atoms with E-state index in [1.165, 1.54) is 6.07 Å². The van der Waals surface area contributed by atoms with Gasteiger partial charge in [0.15, 0.2) is 0 Å². The molecule has 0 saturated heterocycles. The Kier molecular flexibility index (Phi) is 6.45. The molecule has 0 heterocycles. The molecule has 0 fully saturated rings. The first-order valence-corrected chi connectivity index (χ1v) is 7.08. The van der Waals surface area contributed by atoms with Gasteiger partial charge in [-0.15, -0.1) is 0 Å². The van der Waals surface area contributed by atoms with Crippen LogP contribution in [0.3, 0.4) is 0 Å². The average Bonchev–Trinajstić information content (AvgIpc) is 2.33. The zero-order valence-electron chi connectivity index (χ0n) is 11.1. The Hall–Kier alpha value is -0.940. The number of halogens is 2. The van der Waals surface area contributed by atoms with E-state index >= 15 is 0 Å². The summed E-state index contributed by atoms with van der Waals surface area (Å²) in [5.74, 6) is -0.288. The SMILES string of the molecule is CC(C)C(O)CCNC(=O)Cc1ccc(F)c(Br)c1. The lowest BCUT2D eigenvalue weighted by atomic mass is 10.0. The normalized spacial score (nSPS) is 12.5. The van der Waals surface area contributed by atoms with E-state index in [1.54, 1.807) is 12.1 Å². The lowest BCUT2D eigenvalue weighted by Crippen LogP contribution is -2.29. The van der Waals surface area contributed by atoms with E-state index in [4.69, 9.17) is 0 Å². The number of hydrogen-bond acceptors (Lipinski definition) is 2. The monoisotopic (exact) mass is 331 g/mol. The van der Waals surface area contributed by atoms with Crippen LogP contribution in [0.2, 0.25) is 0 Å². The largest absolute Gasteiger partial charge is 0.393 e. The minimum absolute atomic E-state index is 0.130. The van der Waals surface area contributed by atoms with Crippen LogP contribution in [-0.4, -0.2) is 23.7 Å². The standard InChI is InChI=1S/C14H19BrFNO2/c1-9(2)13(18)5-6-17-14(19)8-10-3-4-12(16)11(15)7-10/h3-4,7,9,13,18H,5-6,8H2,1-2H3,(H,17,19). The zero-order valence-corrected chi connectivity index (χ0v) is 12.7. The number of hydrogen-bond donors (Lipinski definition) is 2. The molecule has 1 rings (SSSR count). The highest BCUT2D eigenvalue weighted by Gasteiger charge is 2.10. The van der Waals surface area contributed by atoms with E-state index in [2.05, 4.69) is 21.2 Å². The number of carbonyl (C=O) groups excluding carboxylic acids is 1. The van der Waals surface area contributed by atoms with Crippen LogP contribution < -0.4 is 5.32 Å². The van der Waals surface area contributed by atoms with Crippen LogP contribution in [0.5, 0.6) is 0 Å². The summed E-state index contributed by atoms with van der Waals surface area (Å²) in [5.41, 5.74) is 0.746. The van der Waals surface area contributed by atoms with E-state index in [9.17, 15) is 14.3 Å². The van der Waals surface area contributed by atoms with Crippen molar-refractivity contribution in [3.8, 4) is 0 Å². The smallest absolute Gasteiger partial charge is 0.224 e. The van der Waals surface area contributed by atoms with E-state index in [-0.39, 0.29) is 24.1 Å². The van der Waals surface area contributed by atoms with Crippen molar-refractivity contribution in [2.45, 2.75) is 32.8 Å². The number of benzene rings is 1. The Balaban J connectivity index is 2.37. The fourth-order valence-corrected chi connectivity index (χ4v) is 2.02. The second-order valence-corrected chi connectivity index (χ2v) is 5.73. The fraction of sp³-hybridized carbons (Fsp3) is 0.500. The first-order valence-electron chi connectivity index (χ1n) is 6.29.